The fourth-order valence-electron chi connectivity index (χ4n) is 1.58. The van der Waals surface area contributed by atoms with Gasteiger partial charge in [-0.1, -0.05) is 54.6 Å². The van der Waals surface area contributed by atoms with E-state index in [-0.39, 0.29) is 0 Å². The van der Waals surface area contributed by atoms with E-state index in [4.69, 9.17) is 11.6 Å². The molecule has 0 heterocycles. The number of halogens is 1. The Kier molecular flexibility index (Phi) is 5.20. The zero-order valence-electron chi connectivity index (χ0n) is 8.95. The highest BCUT2D eigenvalue weighted by Gasteiger charge is 2.05. The SMILES string of the molecule is C=C[C@H](CCc1ccccc1)CC(=C)Cl. The minimum atomic E-state index is 0.440. The number of hydrogen-bond acceptors (Lipinski definition) is 0. The third-order valence-corrected chi connectivity index (χ3v) is 2.62. The van der Waals surface area contributed by atoms with Gasteiger partial charge in [-0.05, 0) is 30.7 Å². The van der Waals surface area contributed by atoms with Gasteiger partial charge in [0.15, 0.2) is 0 Å². The van der Waals surface area contributed by atoms with Crippen LogP contribution >= 0.6 is 11.6 Å². The molecular formula is C14H17Cl. The van der Waals surface area contributed by atoms with Gasteiger partial charge in [-0.2, -0.15) is 0 Å². The largest absolute Gasteiger partial charge is 0.103 e. The van der Waals surface area contributed by atoms with Gasteiger partial charge in [-0.15, -0.1) is 6.58 Å². The van der Waals surface area contributed by atoms with Crippen LogP contribution < -0.4 is 0 Å². The summed E-state index contributed by atoms with van der Waals surface area (Å²) in [5, 5.41) is 0.716. The molecule has 0 saturated carbocycles. The first-order chi connectivity index (χ1) is 7.22. The quantitative estimate of drug-likeness (QED) is 0.617. The van der Waals surface area contributed by atoms with Crippen LogP contribution in [-0.4, -0.2) is 0 Å². The van der Waals surface area contributed by atoms with E-state index < -0.39 is 0 Å². The Balaban J connectivity index is 2.41. The lowest BCUT2D eigenvalue weighted by Crippen LogP contribution is -1.98. The molecule has 0 radical (unpaired) electrons. The Morgan fingerprint density at radius 1 is 1.33 bits per heavy atom. The Morgan fingerprint density at radius 2 is 2.00 bits per heavy atom. The smallest absolute Gasteiger partial charge is 0.0115 e. The van der Waals surface area contributed by atoms with Gasteiger partial charge in [0.25, 0.3) is 0 Å². The normalized spacial score (nSPS) is 12.1. The van der Waals surface area contributed by atoms with E-state index in [2.05, 4.69) is 37.4 Å². The Morgan fingerprint density at radius 3 is 2.53 bits per heavy atom. The maximum Gasteiger partial charge on any atom is 0.0115 e. The molecule has 0 aromatic heterocycles. The molecular weight excluding hydrogens is 204 g/mol. The fourth-order valence-corrected chi connectivity index (χ4v) is 1.78. The van der Waals surface area contributed by atoms with Gasteiger partial charge < -0.3 is 0 Å². The van der Waals surface area contributed by atoms with Crippen LogP contribution in [0.25, 0.3) is 0 Å². The van der Waals surface area contributed by atoms with Crippen molar-refractivity contribution in [2.75, 3.05) is 0 Å². The summed E-state index contributed by atoms with van der Waals surface area (Å²) in [6.07, 6.45) is 4.95. The highest BCUT2D eigenvalue weighted by Crippen LogP contribution is 2.19. The molecule has 0 unspecified atom stereocenters. The van der Waals surface area contributed by atoms with Crippen molar-refractivity contribution in [2.24, 2.45) is 5.92 Å². The summed E-state index contributed by atoms with van der Waals surface area (Å²) in [5.41, 5.74) is 1.37. The summed E-state index contributed by atoms with van der Waals surface area (Å²) >= 11 is 5.79. The molecule has 1 aromatic carbocycles. The molecule has 80 valence electrons. The summed E-state index contributed by atoms with van der Waals surface area (Å²) in [6.45, 7) is 7.54. The molecule has 0 nitrogen and oxygen atoms in total. The molecule has 0 aliphatic carbocycles. The zero-order valence-corrected chi connectivity index (χ0v) is 9.71. The van der Waals surface area contributed by atoms with Gasteiger partial charge in [-0.3, -0.25) is 0 Å². The molecule has 0 aliphatic heterocycles. The molecule has 0 amide bonds. The monoisotopic (exact) mass is 220 g/mol. The van der Waals surface area contributed by atoms with E-state index >= 15 is 0 Å². The minimum absolute atomic E-state index is 0.440. The van der Waals surface area contributed by atoms with Crippen molar-refractivity contribution in [1.82, 2.24) is 0 Å². The molecule has 1 atom stereocenters. The van der Waals surface area contributed by atoms with E-state index in [1.807, 2.05) is 12.1 Å². The van der Waals surface area contributed by atoms with Crippen molar-refractivity contribution >= 4 is 11.6 Å². The molecule has 0 saturated heterocycles. The lowest BCUT2D eigenvalue weighted by Gasteiger charge is -2.11. The summed E-state index contributed by atoms with van der Waals surface area (Å²) in [6, 6.07) is 10.5. The van der Waals surface area contributed by atoms with Crippen molar-refractivity contribution in [2.45, 2.75) is 19.3 Å². The second kappa shape index (κ2) is 6.47. The number of benzene rings is 1. The highest BCUT2D eigenvalue weighted by molar-refractivity contribution is 6.29. The van der Waals surface area contributed by atoms with Gasteiger partial charge >= 0.3 is 0 Å². The van der Waals surface area contributed by atoms with Crippen molar-refractivity contribution < 1.29 is 0 Å². The van der Waals surface area contributed by atoms with Crippen LogP contribution in [0.3, 0.4) is 0 Å². The number of allylic oxidation sites excluding steroid dienone is 2. The number of aryl methyl sites for hydroxylation is 1. The Hall–Kier alpha value is -1.01. The van der Waals surface area contributed by atoms with Gasteiger partial charge in [0.05, 0.1) is 0 Å². The Bertz CT molecular complexity index is 313. The van der Waals surface area contributed by atoms with E-state index in [0.717, 1.165) is 19.3 Å². The molecule has 1 heteroatoms. The van der Waals surface area contributed by atoms with Crippen molar-refractivity contribution in [3.8, 4) is 0 Å². The second-order valence-electron chi connectivity index (χ2n) is 3.74. The predicted octanol–water partition coefficient (Wildman–Crippen LogP) is 4.56. The first kappa shape index (κ1) is 12.1. The summed E-state index contributed by atoms with van der Waals surface area (Å²) in [5.74, 6) is 0.440. The van der Waals surface area contributed by atoms with Crippen LogP contribution in [0, 0.1) is 5.92 Å². The molecule has 15 heavy (non-hydrogen) atoms. The van der Waals surface area contributed by atoms with Crippen molar-refractivity contribution in [3.63, 3.8) is 0 Å². The van der Waals surface area contributed by atoms with E-state index in [1.165, 1.54) is 5.56 Å². The van der Waals surface area contributed by atoms with Gasteiger partial charge in [-0.25, -0.2) is 0 Å². The van der Waals surface area contributed by atoms with Gasteiger partial charge in [0.2, 0.25) is 0 Å². The lowest BCUT2D eigenvalue weighted by atomic mass is 9.96. The zero-order chi connectivity index (χ0) is 11.1. The standard InChI is InChI=1S/C14H17Cl/c1-3-13(11-12(2)15)9-10-14-7-5-4-6-8-14/h3-8,13H,1-2,9-11H2/t13-/m1/s1. The number of hydrogen-bond donors (Lipinski definition) is 0. The summed E-state index contributed by atoms with van der Waals surface area (Å²) in [7, 11) is 0. The van der Waals surface area contributed by atoms with E-state index in [9.17, 15) is 0 Å². The van der Waals surface area contributed by atoms with Crippen molar-refractivity contribution in [3.05, 3.63) is 60.2 Å². The van der Waals surface area contributed by atoms with E-state index in [0.29, 0.717) is 11.0 Å². The summed E-state index contributed by atoms with van der Waals surface area (Å²) in [4.78, 5) is 0. The van der Waals surface area contributed by atoms with Gasteiger partial charge in [0.1, 0.15) is 0 Å². The molecule has 0 N–H and O–H groups in total. The first-order valence-electron chi connectivity index (χ1n) is 5.22. The third kappa shape index (κ3) is 4.85. The maximum atomic E-state index is 5.79. The fraction of sp³-hybridized carbons (Fsp3) is 0.286. The summed E-state index contributed by atoms with van der Waals surface area (Å²) < 4.78 is 0. The van der Waals surface area contributed by atoms with E-state index in [1.54, 1.807) is 0 Å². The van der Waals surface area contributed by atoms with Gasteiger partial charge in [0, 0.05) is 5.03 Å². The van der Waals surface area contributed by atoms with Crippen LogP contribution in [0.5, 0.6) is 0 Å². The van der Waals surface area contributed by atoms with Crippen molar-refractivity contribution in [1.29, 1.82) is 0 Å². The average Bonchev–Trinajstić information content (AvgIpc) is 2.25. The molecule has 0 fully saturated rings. The number of rotatable bonds is 6. The second-order valence-corrected chi connectivity index (χ2v) is 4.28. The highest BCUT2D eigenvalue weighted by atomic mass is 35.5. The Labute approximate surface area is 97.3 Å². The topological polar surface area (TPSA) is 0 Å². The molecule has 0 bridgehead atoms. The van der Waals surface area contributed by atoms with Crippen LogP contribution in [-0.2, 0) is 6.42 Å². The molecule has 0 aliphatic rings. The molecule has 1 rings (SSSR count). The molecule has 1 aromatic rings. The first-order valence-corrected chi connectivity index (χ1v) is 5.60. The van der Waals surface area contributed by atoms with Crippen LogP contribution in [0.15, 0.2) is 54.6 Å². The minimum Gasteiger partial charge on any atom is -0.103 e. The predicted molar refractivity (Wildman–Crippen MR) is 68.1 cm³/mol. The van der Waals surface area contributed by atoms with Crippen LogP contribution in [0.4, 0.5) is 0 Å². The van der Waals surface area contributed by atoms with Crippen LogP contribution in [0.2, 0.25) is 0 Å². The molecule has 0 spiro atoms. The lowest BCUT2D eigenvalue weighted by molar-refractivity contribution is 0.596. The maximum absolute atomic E-state index is 5.79. The van der Waals surface area contributed by atoms with Crippen LogP contribution in [0.1, 0.15) is 18.4 Å². The average molecular weight is 221 g/mol. The third-order valence-electron chi connectivity index (χ3n) is 2.46.